The second kappa shape index (κ2) is 8.48. The first-order valence-corrected chi connectivity index (χ1v) is 8.64. The van der Waals surface area contributed by atoms with Crippen LogP contribution in [0.15, 0.2) is 29.2 Å². The second-order valence-corrected chi connectivity index (χ2v) is 7.37. The van der Waals surface area contributed by atoms with Gasteiger partial charge in [-0.1, -0.05) is 26.0 Å². The molecule has 0 bridgehead atoms. The van der Waals surface area contributed by atoms with Gasteiger partial charge < -0.3 is 10.5 Å². The number of sulfonamides is 1. The van der Waals surface area contributed by atoms with Crippen molar-refractivity contribution in [3.63, 3.8) is 0 Å². The maximum absolute atomic E-state index is 12.7. The Balaban J connectivity index is 2.97. The van der Waals surface area contributed by atoms with Crippen molar-refractivity contribution in [1.29, 1.82) is 0 Å². The molecule has 0 heterocycles. The molecule has 1 aromatic rings. The van der Waals surface area contributed by atoms with Gasteiger partial charge in [0.25, 0.3) is 0 Å². The fraction of sp³-hybridized carbons (Fsp3) is 0.600. The molecular formula is C15H26N2O3S. The molecule has 1 rings (SSSR count). The summed E-state index contributed by atoms with van der Waals surface area (Å²) in [5.74, 6) is 0.258. The van der Waals surface area contributed by atoms with Crippen molar-refractivity contribution in [2.24, 2.45) is 11.7 Å². The molecule has 0 aliphatic heterocycles. The molecule has 21 heavy (non-hydrogen) atoms. The maximum atomic E-state index is 12.7. The van der Waals surface area contributed by atoms with Crippen molar-refractivity contribution >= 4 is 10.0 Å². The lowest BCUT2D eigenvalue weighted by atomic mass is 10.2. The van der Waals surface area contributed by atoms with E-state index in [1.54, 1.807) is 19.2 Å². The molecule has 1 aromatic carbocycles. The Morgan fingerprint density at radius 1 is 1.24 bits per heavy atom. The second-order valence-electron chi connectivity index (χ2n) is 5.43. The number of rotatable bonds is 9. The summed E-state index contributed by atoms with van der Waals surface area (Å²) in [6.45, 7) is 5.79. The maximum Gasteiger partial charge on any atom is 0.243 e. The third-order valence-electron chi connectivity index (χ3n) is 3.11. The molecule has 6 heteroatoms. The van der Waals surface area contributed by atoms with Crippen molar-refractivity contribution in [1.82, 2.24) is 4.31 Å². The van der Waals surface area contributed by atoms with Crippen LogP contribution in [-0.2, 0) is 21.2 Å². The third kappa shape index (κ3) is 5.39. The lowest BCUT2D eigenvalue weighted by molar-refractivity contribution is 0.175. The lowest BCUT2D eigenvalue weighted by Crippen LogP contribution is -2.36. The molecule has 0 aromatic heterocycles. The Morgan fingerprint density at radius 2 is 1.86 bits per heavy atom. The Labute approximate surface area is 128 Å². The highest BCUT2D eigenvalue weighted by Gasteiger charge is 2.24. The van der Waals surface area contributed by atoms with Crippen LogP contribution < -0.4 is 5.73 Å². The number of benzene rings is 1. The minimum atomic E-state index is -3.48. The van der Waals surface area contributed by atoms with Crippen LogP contribution in [0.5, 0.6) is 0 Å². The summed E-state index contributed by atoms with van der Waals surface area (Å²) in [4.78, 5) is 0.319. The highest BCUT2D eigenvalue weighted by atomic mass is 32.2. The van der Waals surface area contributed by atoms with E-state index in [0.717, 1.165) is 12.0 Å². The smallest absolute Gasteiger partial charge is 0.243 e. The predicted molar refractivity (Wildman–Crippen MR) is 84.7 cm³/mol. The van der Waals surface area contributed by atoms with Gasteiger partial charge in [0.2, 0.25) is 10.0 Å². The molecule has 0 amide bonds. The Bertz CT molecular complexity index is 512. The summed E-state index contributed by atoms with van der Waals surface area (Å²) in [5.41, 5.74) is 6.55. The summed E-state index contributed by atoms with van der Waals surface area (Å²) < 4.78 is 31.9. The Kier molecular flexibility index (Phi) is 7.31. The molecule has 0 saturated heterocycles. The summed E-state index contributed by atoms with van der Waals surface area (Å²) >= 11 is 0. The fourth-order valence-corrected chi connectivity index (χ4v) is 3.64. The molecule has 0 spiro atoms. The molecule has 0 fully saturated rings. The quantitative estimate of drug-likeness (QED) is 0.749. The van der Waals surface area contributed by atoms with E-state index in [0.29, 0.717) is 31.1 Å². The van der Waals surface area contributed by atoms with Gasteiger partial charge in [-0.3, -0.25) is 0 Å². The molecular weight excluding hydrogens is 288 g/mol. The molecule has 0 aliphatic carbocycles. The van der Waals surface area contributed by atoms with Crippen LogP contribution in [0.25, 0.3) is 0 Å². The van der Waals surface area contributed by atoms with Gasteiger partial charge in [-0.2, -0.15) is 4.31 Å². The molecule has 0 saturated carbocycles. The molecule has 5 nitrogen and oxygen atoms in total. The first-order valence-electron chi connectivity index (χ1n) is 7.20. The monoisotopic (exact) mass is 314 g/mol. The minimum Gasteiger partial charge on any atom is -0.383 e. The van der Waals surface area contributed by atoms with Crippen LogP contribution in [0.3, 0.4) is 0 Å². The standard InChI is InChI=1S/C15H26N2O3S/c1-13(2)12-17(10-11-20-3)21(18,19)15-6-4-14(5-7-15)8-9-16/h4-7,13H,8-12,16H2,1-3H3. The number of hydrogen-bond acceptors (Lipinski definition) is 4. The molecule has 120 valence electrons. The fourth-order valence-electron chi connectivity index (χ4n) is 2.05. The lowest BCUT2D eigenvalue weighted by Gasteiger charge is -2.23. The van der Waals surface area contributed by atoms with Crippen LogP contribution >= 0.6 is 0 Å². The van der Waals surface area contributed by atoms with E-state index in [-0.39, 0.29) is 5.92 Å². The van der Waals surface area contributed by atoms with E-state index in [4.69, 9.17) is 10.5 Å². The van der Waals surface area contributed by atoms with Crippen molar-refractivity contribution in [2.45, 2.75) is 25.2 Å². The Morgan fingerprint density at radius 3 is 2.33 bits per heavy atom. The largest absolute Gasteiger partial charge is 0.383 e. The SMILES string of the molecule is COCCN(CC(C)C)S(=O)(=O)c1ccc(CCN)cc1. The van der Waals surface area contributed by atoms with Crippen molar-refractivity contribution < 1.29 is 13.2 Å². The van der Waals surface area contributed by atoms with Gasteiger partial charge >= 0.3 is 0 Å². The summed E-state index contributed by atoms with van der Waals surface area (Å²) in [7, 11) is -1.91. The van der Waals surface area contributed by atoms with E-state index >= 15 is 0 Å². The predicted octanol–water partition coefficient (Wildman–Crippen LogP) is 1.48. The number of nitrogens with two attached hydrogens (primary N) is 1. The van der Waals surface area contributed by atoms with Gasteiger partial charge in [-0.15, -0.1) is 0 Å². The van der Waals surface area contributed by atoms with Crippen LogP contribution in [0.2, 0.25) is 0 Å². The molecule has 0 radical (unpaired) electrons. The number of nitrogens with zero attached hydrogens (tertiary/aromatic N) is 1. The third-order valence-corrected chi connectivity index (χ3v) is 4.99. The van der Waals surface area contributed by atoms with Crippen LogP contribution in [0.4, 0.5) is 0 Å². The van der Waals surface area contributed by atoms with Gasteiger partial charge in [-0.25, -0.2) is 8.42 Å². The van der Waals surface area contributed by atoms with Gasteiger partial charge in [0.1, 0.15) is 0 Å². The minimum absolute atomic E-state index is 0.258. The van der Waals surface area contributed by atoms with E-state index in [1.807, 2.05) is 26.0 Å². The number of methoxy groups -OCH3 is 1. The zero-order chi connectivity index (χ0) is 15.9. The van der Waals surface area contributed by atoms with E-state index in [1.165, 1.54) is 4.31 Å². The first-order chi connectivity index (χ1) is 9.91. The summed E-state index contributed by atoms with van der Waals surface area (Å²) in [6, 6.07) is 6.95. The van der Waals surface area contributed by atoms with E-state index in [9.17, 15) is 8.42 Å². The zero-order valence-electron chi connectivity index (χ0n) is 13.1. The van der Waals surface area contributed by atoms with Crippen LogP contribution in [0, 0.1) is 5.92 Å². The van der Waals surface area contributed by atoms with Gasteiger partial charge in [0, 0.05) is 20.2 Å². The first kappa shape index (κ1) is 18.1. The van der Waals surface area contributed by atoms with Crippen molar-refractivity contribution in [2.75, 3.05) is 33.4 Å². The molecule has 0 atom stereocenters. The van der Waals surface area contributed by atoms with Crippen molar-refractivity contribution in [3.05, 3.63) is 29.8 Å². The van der Waals surface area contributed by atoms with Crippen molar-refractivity contribution in [3.8, 4) is 0 Å². The molecule has 0 aliphatic rings. The summed E-state index contributed by atoms with van der Waals surface area (Å²) in [5, 5.41) is 0. The number of ether oxygens (including phenoxy) is 1. The highest BCUT2D eigenvalue weighted by Crippen LogP contribution is 2.18. The van der Waals surface area contributed by atoms with Crippen LogP contribution in [0.1, 0.15) is 19.4 Å². The Hall–Kier alpha value is -0.950. The normalized spacial score (nSPS) is 12.3. The molecule has 2 N–H and O–H groups in total. The highest BCUT2D eigenvalue weighted by molar-refractivity contribution is 7.89. The summed E-state index contributed by atoms with van der Waals surface area (Å²) in [6.07, 6.45) is 0.750. The van der Waals surface area contributed by atoms with Gasteiger partial charge in [-0.05, 0) is 36.6 Å². The average Bonchev–Trinajstić information content (AvgIpc) is 2.44. The molecule has 0 unspecified atom stereocenters. The zero-order valence-corrected chi connectivity index (χ0v) is 13.9. The van der Waals surface area contributed by atoms with Crippen LogP contribution in [-0.4, -0.2) is 46.1 Å². The average molecular weight is 314 g/mol. The van der Waals surface area contributed by atoms with E-state index in [2.05, 4.69) is 0 Å². The van der Waals surface area contributed by atoms with Gasteiger partial charge in [0.05, 0.1) is 11.5 Å². The van der Waals surface area contributed by atoms with Gasteiger partial charge in [0.15, 0.2) is 0 Å². The topological polar surface area (TPSA) is 72.6 Å². The number of hydrogen-bond donors (Lipinski definition) is 1. The van der Waals surface area contributed by atoms with E-state index < -0.39 is 10.0 Å².